The highest BCUT2D eigenvalue weighted by atomic mass is 16.5. The van der Waals surface area contributed by atoms with Gasteiger partial charge in [-0.25, -0.2) is 0 Å². The fourth-order valence-corrected chi connectivity index (χ4v) is 2.62. The Labute approximate surface area is 127 Å². The van der Waals surface area contributed by atoms with Crippen molar-refractivity contribution in [2.24, 2.45) is 0 Å². The van der Waals surface area contributed by atoms with Crippen molar-refractivity contribution in [2.45, 2.75) is 39.2 Å². The summed E-state index contributed by atoms with van der Waals surface area (Å²) in [6.07, 6.45) is 7.40. The molecule has 0 saturated heterocycles. The Morgan fingerprint density at radius 3 is 3.00 bits per heavy atom. The number of ether oxygens (including phenoxy) is 1. The summed E-state index contributed by atoms with van der Waals surface area (Å²) in [4.78, 5) is 0. The highest BCUT2D eigenvalue weighted by Crippen LogP contribution is 2.28. The lowest BCUT2D eigenvalue weighted by Gasteiger charge is -2.16. The number of allylic oxidation sites excluding steroid dienone is 1. The van der Waals surface area contributed by atoms with Gasteiger partial charge in [-0.2, -0.15) is 0 Å². The zero-order valence-corrected chi connectivity index (χ0v) is 12.9. The SMILES string of the molecule is C=C(CC)C1=CCOC1CC/C(C)=C/c1cccc(O)c1. The van der Waals surface area contributed by atoms with E-state index < -0.39 is 0 Å². The van der Waals surface area contributed by atoms with Gasteiger partial charge in [-0.1, -0.05) is 43.4 Å². The Balaban J connectivity index is 1.93. The van der Waals surface area contributed by atoms with E-state index in [4.69, 9.17) is 4.74 Å². The Morgan fingerprint density at radius 2 is 2.29 bits per heavy atom. The van der Waals surface area contributed by atoms with Gasteiger partial charge in [-0.3, -0.25) is 0 Å². The Kier molecular flexibility index (Phi) is 5.40. The number of phenolic OH excluding ortho intramolecular Hbond substituents is 1. The molecule has 0 spiro atoms. The van der Waals surface area contributed by atoms with Crippen molar-refractivity contribution in [2.75, 3.05) is 6.61 Å². The molecule has 1 aliphatic heterocycles. The van der Waals surface area contributed by atoms with Gasteiger partial charge in [-0.05, 0) is 55.0 Å². The lowest BCUT2D eigenvalue weighted by molar-refractivity contribution is 0.116. The highest BCUT2D eigenvalue weighted by molar-refractivity contribution is 5.54. The molecule has 0 aromatic heterocycles. The molecule has 2 heteroatoms. The minimum absolute atomic E-state index is 0.185. The molecule has 1 aromatic carbocycles. The summed E-state index contributed by atoms with van der Waals surface area (Å²) in [5.41, 5.74) is 4.79. The van der Waals surface area contributed by atoms with Crippen LogP contribution in [0.5, 0.6) is 5.75 Å². The topological polar surface area (TPSA) is 29.5 Å². The van der Waals surface area contributed by atoms with E-state index in [0.29, 0.717) is 12.4 Å². The van der Waals surface area contributed by atoms with Gasteiger partial charge in [0.15, 0.2) is 0 Å². The third-order valence-corrected chi connectivity index (χ3v) is 3.87. The molecule has 0 amide bonds. The fourth-order valence-electron chi connectivity index (χ4n) is 2.62. The molecule has 1 N–H and O–H groups in total. The third-order valence-electron chi connectivity index (χ3n) is 3.87. The van der Waals surface area contributed by atoms with Crippen molar-refractivity contribution >= 4 is 6.08 Å². The predicted octanol–water partition coefficient (Wildman–Crippen LogP) is 4.87. The molecule has 1 unspecified atom stereocenters. The van der Waals surface area contributed by atoms with Gasteiger partial charge in [0.05, 0.1) is 12.7 Å². The van der Waals surface area contributed by atoms with Crippen LogP contribution in [0.25, 0.3) is 6.08 Å². The molecule has 0 radical (unpaired) electrons. The summed E-state index contributed by atoms with van der Waals surface area (Å²) >= 11 is 0. The van der Waals surface area contributed by atoms with E-state index in [1.165, 1.54) is 16.7 Å². The first-order chi connectivity index (χ1) is 10.1. The fraction of sp³-hybridized carbons (Fsp3) is 0.368. The minimum atomic E-state index is 0.185. The van der Waals surface area contributed by atoms with Gasteiger partial charge in [0.1, 0.15) is 5.75 Å². The molecular formula is C19H24O2. The molecule has 1 aliphatic rings. The molecule has 112 valence electrons. The van der Waals surface area contributed by atoms with Crippen LogP contribution in [0, 0.1) is 0 Å². The number of phenols is 1. The first-order valence-electron chi connectivity index (χ1n) is 7.56. The molecule has 0 fully saturated rings. The van der Waals surface area contributed by atoms with E-state index in [0.717, 1.165) is 24.8 Å². The summed E-state index contributed by atoms with van der Waals surface area (Å²) in [6.45, 7) is 9.07. The Bertz CT molecular complexity index is 567. The van der Waals surface area contributed by atoms with E-state index in [9.17, 15) is 5.11 Å². The summed E-state index contributed by atoms with van der Waals surface area (Å²) in [7, 11) is 0. The highest BCUT2D eigenvalue weighted by Gasteiger charge is 2.20. The molecule has 2 nitrogen and oxygen atoms in total. The van der Waals surface area contributed by atoms with Gasteiger partial charge in [-0.15, -0.1) is 0 Å². The molecule has 1 atom stereocenters. The minimum Gasteiger partial charge on any atom is -0.508 e. The summed E-state index contributed by atoms with van der Waals surface area (Å²) in [6, 6.07) is 7.33. The molecule has 21 heavy (non-hydrogen) atoms. The lowest BCUT2D eigenvalue weighted by atomic mass is 9.96. The average molecular weight is 284 g/mol. The molecule has 2 rings (SSSR count). The van der Waals surface area contributed by atoms with Crippen molar-refractivity contribution in [3.05, 3.63) is 59.2 Å². The van der Waals surface area contributed by atoms with E-state index in [-0.39, 0.29) is 6.10 Å². The second-order valence-corrected chi connectivity index (χ2v) is 5.56. The lowest BCUT2D eigenvalue weighted by Crippen LogP contribution is -2.11. The van der Waals surface area contributed by atoms with Crippen LogP contribution in [0.3, 0.4) is 0 Å². The maximum atomic E-state index is 9.48. The second kappa shape index (κ2) is 7.28. The summed E-state index contributed by atoms with van der Waals surface area (Å²) in [5, 5.41) is 9.48. The smallest absolute Gasteiger partial charge is 0.116 e. The van der Waals surface area contributed by atoms with Gasteiger partial charge < -0.3 is 9.84 Å². The van der Waals surface area contributed by atoms with Crippen LogP contribution in [0.1, 0.15) is 38.7 Å². The Morgan fingerprint density at radius 1 is 1.48 bits per heavy atom. The van der Waals surface area contributed by atoms with E-state index in [1.54, 1.807) is 12.1 Å². The maximum absolute atomic E-state index is 9.48. The molecular weight excluding hydrogens is 260 g/mol. The largest absolute Gasteiger partial charge is 0.508 e. The van der Waals surface area contributed by atoms with E-state index in [2.05, 4.69) is 32.6 Å². The molecule has 1 heterocycles. The van der Waals surface area contributed by atoms with Gasteiger partial charge in [0.25, 0.3) is 0 Å². The van der Waals surface area contributed by atoms with Crippen LogP contribution in [0.15, 0.2) is 53.6 Å². The molecule has 0 saturated carbocycles. The number of hydrogen-bond acceptors (Lipinski definition) is 2. The molecule has 0 aliphatic carbocycles. The van der Waals surface area contributed by atoms with Gasteiger partial charge in [0.2, 0.25) is 0 Å². The number of benzene rings is 1. The number of aromatic hydroxyl groups is 1. The molecule has 0 bridgehead atoms. The van der Waals surface area contributed by atoms with Crippen molar-refractivity contribution in [1.82, 2.24) is 0 Å². The zero-order valence-electron chi connectivity index (χ0n) is 12.9. The second-order valence-electron chi connectivity index (χ2n) is 5.56. The van der Waals surface area contributed by atoms with Crippen molar-refractivity contribution in [1.29, 1.82) is 0 Å². The van der Waals surface area contributed by atoms with Crippen LogP contribution in [-0.2, 0) is 4.74 Å². The van der Waals surface area contributed by atoms with Crippen molar-refractivity contribution < 1.29 is 9.84 Å². The van der Waals surface area contributed by atoms with Gasteiger partial charge >= 0.3 is 0 Å². The van der Waals surface area contributed by atoms with Crippen LogP contribution in [0.2, 0.25) is 0 Å². The van der Waals surface area contributed by atoms with Gasteiger partial charge in [0, 0.05) is 0 Å². The average Bonchev–Trinajstić information content (AvgIpc) is 2.92. The van der Waals surface area contributed by atoms with Crippen molar-refractivity contribution in [3.8, 4) is 5.75 Å². The van der Waals surface area contributed by atoms with E-state index in [1.807, 2.05) is 12.1 Å². The van der Waals surface area contributed by atoms with Crippen LogP contribution in [-0.4, -0.2) is 17.8 Å². The van der Waals surface area contributed by atoms with Crippen molar-refractivity contribution in [3.63, 3.8) is 0 Å². The predicted molar refractivity (Wildman–Crippen MR) is 88.2 cm³/mol. The third kappa shape index (κ3) is 4.33. The summed E-state index contributed by atoms with van der Waals surface area (Å²) in [5.74, 6) is 0.306. The number of rotatable bonds is 6. The first kappa shape index (κ1) is 15.6. The van der Waals surface area contributed by atoms with E-state index >= 15 is 0 Å². The standard InChI is InChI=1S/C19H24O2/c1-4-15(3)18-10-11-21-19(18)9-8-14(2)12-16-6-5-7-17(20)13-16/h5-7,10,12-13,19-20H,3-4,8-9,11H2,1-2H3/b14-12+. The maximum Gasteiger partial charge on any atom is 0.116 e. The zero-order chi connectivity index (χ0) is 15.2. The van der Waals surface area contributed by atoms with Crippen LogP contribution in [0.4, 0.5) is 0 Å². The number of hydrogen-bond donors (Lipinski definition) is 1. The Hall–Kier alpha value is -1.80. The van der Waals surface area contributed by atoms with Crippen LogP contribution >= 0.6 is 0 Å². The summed E-state index contributed by atoms with van der Waals surface area (Å²) < 4.78 is 5.79. The molecule has 1 aromatic rings. The monoisotopic (exact) mass is 284 g/mol. The normalized spacial score (nSPS) is 18.7. The van der Waals surface area contributed by atoms with Crippen LogP contribution < -0.4 is 0 Å². The first-order valence-corrected chi connectivity index (χ1v) is 7.56. The quantitative estimate of drug-likeness (QED) is 0.807.